The lowest BCUT2D eigenvalue weighted by atomic mass is 9.63. The van der Waals surface area contributed by atoms with Gasteiger partial charge in [-0.15, -0.1) is 0 Å². The Morgan fingerprint density at radius 3 is 2.16 bits per heavy atom. The Morgan fingerprint density at radius 2 is 1.60 bits per heavy atom. The summed E-state index contributed by atoms with van der Waals surface area (Å²) in [6.07, 6.45) is 5.29. The van der Waals surface area contributed by atoms with Gasteiger partial charge in [-0.2, -0.15) is 5.01 Å². The monoisotopic (exact) mass is 376 g/mol. The van der Waals surface area contributed by atoms with Gasteiger partial charge >= 0.3 is 0 Å². The number of hydrogen-bond donors (Lipinski definition) is 1. The van der Waals surface area contributed by atoms with E-state index in [0.29, 0.717) is 16.9 Å². The lowest BCUT2D eigenvalue weighted by molar-refractivity contribution is -0.143. The molecular weight excluding hydrogens is 363 g/mol. The molecule has 1 saturated heterocycles. The molecule has 0 spiro atoms. The molecule has 1 aromatic rings. The van der Waals surface area contributed by atoms with Gasteiger partial charge in [0.1, 0.15) is 0 Å². The molecule has 0 aromatic heterocycles. The second kappa shape index (κ2) is 5.08. The van der Waals surface area contributed by atoms with Crippen LogP contribution in [0.25, 0.3) is 0 Å². The Labute approximate surface area is 153 Å². The van der Waals surface area contributed by atoms with E-state index in [1.165, 1.54) is 18.2 Å². The molecule has 6 atom stereocenters. The number of nitrogens with zero attached hydrogens (tertiary/aromatic N) is 1. The molecule has 5 aliphatic rings. The van der Waals surface area contributed by atoms with E-state index in [1.807, 2.05) is 0 Å². The molecule has 25 heavy (non-hydrogen) atoms. The van der Waals surface area contributed by atoms with Crippen molar-refractivity contribution in [2.24, 2.45) is 35.5 Å². The maximum atomic E-state index is 12.8. The van der Waals surface area contributed by atoms with E-state index in [4.69, 9.17) is 23.2 Å². The summed E-state index contributed by atoms with van der Waals surface area (Å²) in [5.74, 6) is -0.504. The molecule has 4 aliphatic carbocycles. The maximum absolute atomic E-state index is 12.8. The SMILES string of the molecule is O=C(NN1C(=O)[C@@H]2[C@H]3C=C[C@H]([C@H]4C[C@H]34)[C@@H]2C1=O)c1ccc(Cl)c(Cl)c1. The molecule has 0 radical (unpaired) electrons. The van der Waals surface area contributed by atoms with Crippen molar-refractivity contribution in [3.63, 3.8) is 0 Å². The first kappa shape index (κ1) is 15.4. The minimum Gasteiger partial charge on any atom is -0.272 e. The van der Waals surface area contributed by atoms with Gasteiger partial charge in [0.25, 0.3) is 17.7 Å². The lowest BCUT2D eigenvalue weighted by Gasteiger charge is -2.37. The van der Waals surface area contributed by atoms with Gasteiger partial charge in [0.05, 0.1) is 21.9 Å². The van der Waals surface area contributed by atoms with Crippen molar-refractivity contribution in [1.82, 2.24) is 10.4 Å². The van der Waals surface area contributed by atoms with Gasteiger partial charge in [0.2, 0.25) is 0 Å². The first-order valence-electron chi connectivity index (χ1n) is 8.29. The van der Waals surface area contributed by atoms with Gasteiger partial charge in [-0.05, 0) is 48.3 Å². The first-order chi connectivity index (χ1) is 12.0. The van der Waals surface area contributed by atoms with Crippen LogP contribution in [0.3, 0.4) is 0 Å². The average molecular weight is 377 g/mol. The van der Waals surface area contributed by atoms with Crippen LogP contribution < -0.4 is 5.43 Å². The van der Waals surface area contributed by atoms with Gasteiger partial charge in [-0.3, -0.25) is 19.8 Å². The molecular formula is C18H14Cl2N2O3. The fraction of sp³-hybridized carbons (Fsp3) is 0.389. The largest absolute Gasteiger partial charge is 0.272 e. The van der Waals surface area contributed by atoms with Gasteiger partial charge in [-0.1, -0.05) is 35.4 Å². The van der Waals surface area contributed by atoms with Gasteiger partial charge < -0.3 is 0 Å². The summed E-state index contributed by atoms with van der Waals surface area (Å²) >= 11 is 11.8. The Kier molecular flexibility index (Phi) is 3.13. The third-order valence-electron chi connectivity index (χ3n) is 6.06. The number of hydrazine groups is 1. The summed E-state index contributed by atoms with van der Waals surface area (Å²) in [7, 11) is 0. The molecule has 0 unspecified atom stereocenters. The molecule has 1 aliphatic heterocycles. The zero-order chi connectivity index (χ0) is 17.5. The Hall–Kier alpha value is -1.85. The van der Waals surface area contributed by atoms with Crippen LogP contribution >= 0.6 is 23.2 Å². The van der Waals surface area contributed by atoms with Crippen molar-refractivity contribution < 1.29 is 14.4 Å². The van der Waals surface area contributed by atoms with Crippen molar-refractivity contribution in [3.05, 3.63) is 46.0 Å². The molecule has 7 heteroatoms. The van der Waals surface area contributed by atoms with Gasteiger partial charge in [0, 0.05) is 5.56 Å². The normalized spacial score (nSPS) is 37.1. The van der Waals surface area contributed by atoms with E-state index < -0.39 is 5.91 Å². The number of carbonyl (C=O) groups excluding carboxylic acids is 3. The van der Waals surface area contributed by atoms with Crippen molar-refractivity contribution in [3.8, 4) is 0 Å². The highest BCUT2D eigenvalue weighted by atomic mass is 35.5. The number of hydrogen-bond acceptors (Lipinski definition) is 3. The van der Waals surface area contributed by atoms with Crippen molar-refractivity contribution in [2.75, 3.05) is 0 Å². The van der Waals surface area contributed by atoms with E-state index in [9.17, 15) is 14.4 Å². The van der Waals surface area contributed by atoms with Crippen molar-refractivity contribution in [1.29, 1.82) is 0 Å². The topological polar surface area (TPSA) is 66.5 Å². The van der Waals surface area contributed by atoms with Crippen LogP contribution in [0.5, 0.6) is 0 Å². The minimum absolute atomic E-state index is 0.128. The van der Waals surface area contributed by atoms with E-state index in [0.717, 1.165) is 11.4 Å². The fourth-order valence-electron chi connectivity index (χ4n) is 4.87. The van der Waals surface area contributed by atoms with E-state index in [2.05, 4.69) is 17.6 Å². The smallest absolute Gasteiger partial charge is 0.270 e. The van der Waals surface area contributed by atoms with Crippen molar-refractivity contribution >= 4 is 40.9 Å². The lowest BCUT2D eigenvalue weighted by Crippen LogP contribution is -2.46. The summed E-state index contributed by atoms with van der Waals surface area (Å²) < 4.78 is 0. The molecule has 3 amide bonds. The zero-order valence-electron chi connectivity index (χ0n) is 13.0. The second-order valence-corrected chi connectivity index (χ2v) is 8.05. The highest BCUT2D eigenvalue weighted by Gasteiger charge is 2.67. The summed E-state index contributed by atoms with van der Waals surface area (Å²) in [5.41, 5.74) is 2.71. The highest BCUT2D eigenvalue weighted by molar-refractivity contribution is 6.42. The average Bonchev–Trinajstić information content (AvgIpc) is 3.38. The number of benzene rings is 1. The number of carbonyl (C=O) groups is 3. The molecule has 2 bridgehead atoms. The van der Waals surface area contributed by atoms with Crippen LogP contribution in [0.2, 0.25) is 10.0 Å². The molecule has 6 rings (SSSR count). The molecule has 128 valence electrons. The number of nitrogens with one attached hydrogen (secondary N) is 1. The van der Waals surface area contributed by atoms with Crippen LogP contribution in [0.15, 0.2) is 30.4 Å². The maximum Gasteiger partial charge on any atom is 0.270 e. The number of imide groups is 1. The predicted octanol–water partition coefficient (Wildman–Crippen LogP) is 2.69. The van der Waals surface area contributed by atoms with Crippen molar-refractivity contribution in [2.45, 2.75) is 6.42 Å². The number of rotatable bonds is 2. The van der Waals surface area contributed by atoms with Crippen LogP contribution in [-0.4, -0.2) is 22.7 Å². The zero-order valence-corrected chi connectivity index (χ0v) is 14.5. The van der Waals surface area contributed by atoms with E-state index in [-0.39, 0.29) is 46.1 Å². The summed E-state index contributed by atoms with van der Waals surface area (Å²) in [6, 6.07) is 4.42. The Balaban J connectivity index is 1.40. The quantitative estimate of drug-likeness (QED) is 0.637. The summed E-state index contributed by atoms with van der Waals surface area (Å²) in [6.45, 7) is 0. The molecule has 2 saturated carbocycles. The van der Waals surface area contributed by atoms with Gasteiger partial charge in [-0.25, -0.2) is 0 Å². The standard InChI is InChI=1S/C18H14Cl2N2O3/c19-12-4-1-7(5-13(12)20)16(23)21-22-17(24)14-8-2-3-9(11-6-10(8)11)15(14)18(22)25/h1-5,8-11,14-15H,6H2,(H,21,23)/t8-,9+,10-,11-,14+,15-/m1/s1. The first-order valence-corrected chi connectivity index (χ1v) is 9.05. The van der Waals surface area contributed by atoms with Gasteiger partial charge in [0.15, 0.2) is 0 Å². The number of amides is 3. The minimum atomic E-state index is -0.552. The number of allylic oxidation sites excluding steroid dienone is 2. The van der Waals surface area contributed by atoms with E-state index in [1.54, 1.807) is 0 Å². The van der Waals surface area contributed by atoms with Crippen LogP contribution in [-0.2, 0) is 9.59 Å². The fourth-order valence-corrected chi connectivity index (χ4v) is 5.17. The Bertz CT molecular complexity index is 832. The highest BCUT2D eigenvalue weighted by Crippen LogP contribution is 2.65. The van der Waals surface area contributed by atoms with Crippen LogP contribution in [0.1, 0.15) is 16.8 Å². The van der Waals surface area contributed by atoms with E-state index >= 15 is 0 Å². The molecule has 1 aromatic carbocycles. The third-order valence-corrected chi connectivity index (χ3v) is 6.80. The molecule has 1 heterocycles. The Morgan fingerprint density at radius 1 is 1.00 bits per heavy atom. The number of halogens is 2. The second-order valence-electron chi connectivity index (χ2n) is 7.24. The van der Waals surface area contributed by atoms with Crippen LogP contribution in [0.4, 0.5) is 0 Å². The van der Waals surface area contributed by atoms with Crippen LogP contribution in [0, 0.1) is 35.5 Å². The predicted molar refractivity (Wildman–Crippen MR) is 90.5 cm³/mol. The third kappa shape index (κ3) is 2.06. The molecule has 1 N–H and O–H groups in total. The summed E-state index contributed by atoms with van der Waals surface area (Å²) in [5, 5.41) is 1.49. The molecule has 3 fully saturated rings. The molecule has 5 nitrogen and oxygen atoms in total. The summed E-state index contributed by atoms with van der Waals surface area (Å²) in [4.78, 5) is 38.0.